The third-order valence-corrected chi connectivity index (χ3v) is 6.99. The maximum atomic E-state index is 13.0. The number of nitrogens with two attached hydrogens (primary N) is 1. The average molecular weight is 443 g/mol. The van der Waals surface area contributed by atoms with Crippen LogP contribution in [0.25, 0.3) is 11.2 Å². The standard InChI is InChI=1S/C21H26N5O4P/c1-3-29-31(27,30-4-2)15-28-21(16-8-6-5-7-9-16)11-10-17(12-21)26-14-25-18-19(22)23-13-24-20(18)26/h5-11,13-14,17H,3-4,12,15H2,1-2H3,(H2,22,23,24)/t17-,21+/m0/s1. The number of ether oxygens (including phenoxy) is 1. The fourth-order valence-corrected chi connectivity index (χ4v) is 5.24. The summed E-state index contributed by atoms with van der Waals surface area (Å²) in [5.74, 6) is 0.339. The van der Waals surface area contributed by atoms with Crippen molar-refractivity contribution in [2.75, 3.05) is 25.3 Å². The quantitative estimate of drug-likeness (QED) is 0.389. The molecule has 0 spiro atoms. The largest absolute Gasteiger partial charge is 0.382 e. The molecule has 2 heterocycles. The second kappa shape index (κ2) is 8.88. The van der Waals surface area contributed by atoms with Crippen LogP contribution in [0.1, 0.15) is 31.9 Å². The van der Waals surface area contributed by atoms with E-state index in [0.717, 1.165) is 5.56 Å². The van der Waals surface area contributed by atoms with E-state index in [1.807, 2.05) is 47.1 Å². The van der Waals surface area contributed by atoms with Crippen molar-refractivity contribution in [3.63, 3.8) is 0 Å². The second-order valence-electron chi connectivity index (χ2n) is 7.19. The summed E-state index contributed by atoms with van der Waals surface area (Å²) < 4.78 is 32.1. The summed E-state index contributed by atoms with van der Waals surface area (Å²) in [5.41, 5.74) is 7.30. The Morgan fingerprint density at radius 2 is 1.90 bits per heavy atom. The van der Waals surface area contributed by atoms with E-state index in [1.165, 1.54) is 6.33 Å². The summed E-state index contributed by atoms with van der Waals surface area (Å²) in [5, 5.41) is 0. The summed E-state index contributed by atoms with van der Waals surface area (Å²) in [6.07, 6.45) is 7.57. The lowest BCUT2D eigenvalue weighted by Gasteiger charge is -2.31. The van der Waals surface area contributed by atoms with E-state index in [2.05, 4.69) is 15.0 Å². The molecule has 0 saturated carbocycles. The molecule has 0 amide bonds. The van der Waals surface area contributed by atoms with Crippen molar-refractivity contribution in [2.24, 2.45) is 0 Å². The van der Waals surface area contributed by atoms with Gasteiger partial charge in [0.2, 0.25) is 0 Å². The molecule has 0 fully saturated rings. The van der Waals surface area contributed by atoms with Gasteiger partial charge in [-0.2, -0.15) is 0 Å². The predicted octanol–water partition coefficient (Wildman–Crippen LogP) is 4.05. The minimum Gasteiger partial charge on any atom is -0.382 e. The minimum absolute atomic E-state index is 0.0851. The molecule has 10 heteroatoms. The minimum atomic E-state index is -3.37. The number of rotatable bonds is 9. The molecule has 2 N–H and O–H groups in total. The van der Waals surface area contributed by atoms with E-state index in [0.29, 0.717) is 23.4 Å². The van der Waals surface area contributed by atoms with E-state index in [1.54, 1.807) is 20.2 Å². The van der Waals surface area contributed by atoms with Crippen molar-refractivity contribution >= 4 is 24.6 Å². The Bertz CT molecular complexity index is 1110. The monoisotopic (exact) mass is 443 g/mol. The molecule has 1 aliphatic carbocycles. The van der Waals surface area contributed by atoms with Crippen LogP contribution in [0.5, 0.6) is 0 Å². The maximum absolute atomic E-state index is 13.0. The fourth-order valence-electron chi connectivity index (χ4n) is 3.84. The number of benzene rings is 1. The topological polar surface area (TPSA) is 114 Å². The second-order valence-corrected chi connectivity index (χ2v) is 9.19. The summed E-state index contributed by atoms with van der Waals surface area (Å²) in [4.78, 5) is 12.7. The molecule has 0 unspecified atom stereocenters. The first-order valence-corrected chi connectivity index (χ1v) is 11.9. The van der Waals surface area contributed by atoms with Crippen LogP contribution in [0.4, 0.5) is 5.82 Å². The lowest BCUT2D eigenvalue weighted by molar-refractivity contribution is -0.00221. The Hall–Kier alpha value is -2.58. The zero-order valence-electron chi connectivity index (χ0n) is 17.5. The SMILES string of the molecule is CCOP(=O)(CO[C@]1(c2ccccc2)C=C[C@H](n2cnc3c(N)ncnc32)C1)OCC. The highest BCUT2D eigenvalue weighted by Crippen LogP contribution is 2.52. The molecular weight excluding hydrogens is 417 g/mol. The molecule has 0 radical (unpaired) electrons. The molecule has 4 rings (SSSR count). The van der Waals surface area contributed by atoms with E-state index in [4.69, 9.17) is 19.5 Å². The molecule has 0 saturated heterocycles. The molecule has 9 nitrogen and oxygen atoms in total. The lowest BCUT2D eigenvalue weighted by Crippen LogP contribution is -2.28. The van der Waals surface area contributed by atoms with Crippen molar-refractivity contribution in [1.29, 1.82) is 0 Å². The predicted molar refractivity (Wildman–Crippen MR) is 117 cm³/mol. The van der Waals surface area contributed by atoms with Gasteiger partial charge in [-0.25, -0.2) is 15.0 Å². The van der Waals surface area contributed by atoms with Crippen LogP contribution in [0, 0.1) is 0 Å². The van der Waals surface area contributed by atoms with E-state index >= 15 is 0 Å². The fraction of sp³-hybridized carbons (Fsp3) is 0.381. The number of fused-ring (bicyclic) bond motifs is 1. The van der Waals surface area contributed by atoms with Gasteiger partial charge < -0.3 is 24.1 Å². The van der Waals surface area contributed by atoms with E-state index in [-0.39, 0.29) is 25.6 Å². The highest BCUT2D eigenvalue weighted by atomic mass is 31.2. The Morgan fingerprint density at radius 1 is 1.16 bits per heavy atom. The Labute approximate surface area is 180 Å². The van der Waals surface area contributed by atoms with Crippen molar-refractivity contribution in [1.82, 2.24) is 19.5 Å². The van der Waals surface area contributed by atoms with Gasteiger partial charge in [-0.1, -0.05) is 42.5 Å². The van der Waals surface area contributed by atoms with Crippen LogP contribution in [-0.2, 0) is 24.0 Å². The molecule has 3 aromatic rings. The van der Waals surface area contributed by atoms with Gasteiger partial charge >= 0.3 is 7.60 Å². The van der Waals surface area contributed by atoms with Crippen molar-refractivity contribution in [2.45, 2.75) is 31.9 Å². The highest BCUT2D eigenvalue weighted by Gasteiger charge is 2.41. The van der Waals surface area contributed by atoms with Gasteiger partial charge in [0.1, 0.15) is 23.8 Å². The van der Waals surface area contributed by atoms with Crippen LogP contribution in [0.3, 0.4) is 0 Å². The zero-order valence-corrected chi connectivity index (χ0v) is 18.4. The number of allylic oxidation sites excluding steroid dienone is 1. The number of nitrogens with zero attached hydrogens (tertiary/aromatic N) is 4. The summed E-state index contributed by atoms with van der Waals surface area (Å²) >= 11 is 0. The van der Waals surface area contributed by atoms with E-state index < -0.39 is 13.2 Å². The van der Waals surface area contributed by atoms with Gasteiger partial charge in [0.25, 0.3) is 0 Å². The summed E-state index contributed by atoms with van der Waals surface area (Å²) in [7, 11) is -3.37. The highest BCUT2D eigenvalue weighted by molar-refractivity contribution is 7.53. The Morgan fingerprint density at radius 3 is 2.61 bits per heavy atom. The number of hydrogen-bond donors (Lipinski definition) is 1. The summed E-state index contributed by atoms with van der Waals surface area (Å²) in [6, 6.07) is 9.75. The van der Waals surface area contributed by atoms with Gasteiger partial charge in [0.15, 0.2) is 11.5 Å². The Balaban J connectivity index is 1.65. The zero-order chi connectivity index (χ0) is 21.9. The van der Waals surface area contributed by atoms with Crippen LogP contribution < -0.4 is 5.73 Å². The molecule has 0 bridgehead atoms. The van der Waals surface area contributed by atoms with Crippen LogP contribution in [-0.4, -0.2) is 39.1 Å². The number of hydrogen-bond acceptors (Lipinski definition) is 8. The number of imidazole rings is 1. The number of nitrogen functional groups attached to an aromatic ring is 1. The van der Waals surface area contributed by atoms with Gasteiger partial charge in [-0.15, -0.1) is 0 Å². The van der Waals surface area contributed by atoms with Crippen molar-refractivity contribution < 1.29 is 18.3 Å². The van der Waals surface area contributed by atoms with Crippen molar-refractivity contribution in [3.8, 4) is 0 Å². The molecule has 1 aromatic carbocycles. The number of anilines is 1. The average Bonchev–Trinajstić information content (AvgIpc) is 3.39. The van der Waals surface area contributed by atoms with Gasteiger partial charge in [-0.3, -0.25) is 4.57 Å². The smallest absolute Gasteiger partial charge is 0.356 e. The normalized spacial score (nSPS) is 21.2. The molecule has 1 aliphatic rings. The molecule has 0 aliphatic heterocycles. The molecule has 2 atom stereocenters. The molecule has 164 valence electrons. The first-order valence-electron chi connectivity index (χ1n) is 10.2. The third-order valence-electron chi connectivity index (χ3n) is 5.24. The lowest BCUT2D eigenvalue weighted by atomic mass is 9.92. The molecular formula is C21H26N5O4P. The molecule has 31 heavy (non-hydrogen) atoms. The van der Waals surface area contributed by atoms with Crippen LogP contribution in [0.2, 0.25) is 0 Å². The molecule has 2 aromatic heterocycles. The van der Waals surface area contributed by atoms with Crippen LogP contribution in [0.15, 0.2) is 55.1 Å². The third kappa shape index (κ3) is 4.27. The first kappa shape index (κ1) is 21.6. The van der Waals surface area contributed by atoms with Gasteiger partial charge in [0.05, 0.1) is 25.6 Å². The van der Waals surface area contributed by atoms with Gasteiger partial charge in [0, 0.05) is 6.42 Å². The maximum Gasteiger partial charge on any atom is 0.356 e. The van der Waals surface area contributed by atoms with Crippen LogP contribution >= 0.6 is 7.60 Å². The summed E-state index contributed by atoms with van der Waals surface area (Å²) in [6.45, 7) is 4.11. The first-order chi connectivity index (χ1) is 15.0. The Kier molecular flexibility index (Phi) is 6.20. The van der Waals surface area contributed by atoms with Gasteiger partial charge in [-0.05, 0) is 19.4 Å². The van der Waals surface area contributed by atoms with E-state index in [9.17, 15) is 4.57 Å². The number of aromatic nitrogens is 4. The van der Waals surface area contributed by atoms with Crippen molar-refractivity contribution in [3.05, 3.63) is 60.7 Å².